The molecule has 1 fully saturated rings. The summed E-state index contributed by atoms with van der Waals surface area (Å²) in [4.78, 5) is 22.0. The lowest BCUT2D eigenvalue weighted by molar-refractivity contribution is 0.0626. The highest BCUT2D eigenvalue weighted by molar-refractivity contribution is 6.30. The third-order valence-corrected chi connectivity index (χ3v) is 6.29. The molecule has 4 heterocycles. The first kappa shape index (κ1) is 20.7. The zero-order valence-corrected chi connectivity index (χ0v) is 19.0. The quantitative estimate of drug-likeness (QED) is 0.477. The number of carbonyl (C=O) groups is 1. The van der Waals surface area contributed by atoms with Crippen molar-refractivity contribution in [2.45, 2.75) is 20.4 Å². The van der Waals surface area contributed by atoms with Gasteiger partial charge in [0.15, 0.2) is 0 Å². The van der Waals surface area contributed by atoms with Crippen molar-refractivity contribution >= 4 is 23.2 Å². The van der Waals surface area contributed by atoms with Gasteiger partial charge in [-0.1, -0.05) is 11.6 Å². The highest BCUT2D eigenvalue weighted by Gasteiger charge is 2.24. The highest BCUT2D eigenvalue weighted by Crippen LogP contribution is 2.18. The van der Waals surface area contributed by atoms with Gasteiger partial charge in [-0.25, -0.2) is 9.67 Å². The number of aromatic nitrogens is 4. The maximum absolute atomic E-state index is 13.0. The Morgan fingerprint density at radius 3 is 2.56 bits per heavy atom. The number of nitrogens with zero attached hydrogens (tertiary/aromatic N) is 6. The minimum atomic E-state index is 0.0197. The number of hydrogen-bond donors (Lipinski definition) is 0. The zero-order valence-electron chi connectivity index (χ0n) is 18.2. The summed E-state index contributed by atoms with van der Waals surface area (Å²) in [6, 6.07) is 11.6. The van der Waals surface area contributed by atoms with Crippen molar-refractivity contribution < 1.29 is 4.79 Å². The summed E-state index contributed by atoms with van der Waals surface area (Å²) in [5, 5.41) is 5.02. The monoisotopic (exact) mass is 448 g/mol. The van der Waals surface area contributed by atoms with Crippen LogP contribution >= 0.6 is 11.6 Å². The molecule has 0 radical (unpaired) electrons. The molecule has 0 bridgehead atoms. The Balaban J connectivity index is 1.23. The van der Waals surface area contributed by atoms with Crippen LogP contribution in [0.3, 0.4) is 0 Å². The maximum Gasteiger partial charge on any atom is 0.257 e. The molecule has 1 aliphatic rings. The average molecular weight is 449 g/mol. The van der Waals surface area contributed by atoms with E-state index >= 15 is 0 Å². The Bertz CT molecular complexity index is 1270. The Labute approximate surface area is 191 Å². The van der Waals surface area contributed by atoms with Crippen LogP contribution in [0.1, 0.15) is 27.3 Å². The predicted molar refractivity (Wildman–Crippen MR) is 124 cm³/mol. The summed E-state index contributed by atoms with van der Waals surface area (Å²) in [5.74, 6) is 0.0197. The molecule has 1 aliphatic heterocycles. The fourth-order valence-electron chi connectivity index (χ4n) is 4.18. The first-order valence-electron chi connectivity index (χ1n) is 10.7. The van der Waals surface area contributed by atoms with Crippen molar-refractivity contribution in [2.75, 3.05) is 26.2 Å². The number of imidazole rings is 1. The Morgan fingerprint density at radius 2 is 1.81 bits per heavy atom. The number of fused-ring (bicyclic) bond motifs is 1. The topological polar surface area (TPSA) is 58.7 Å². The minimum absolute atomic E-state index is 0.0197. The van der Waals surface area contributed by atoms with Crippen molar-refractivity contribution in [1.82, 2.24) is 29.0 Å². The number of carbonyl (C=O) groups excluding carboxylic acids is 1. The van der Waals surface area contributed by atoms with E-state index in [-0.39, 0.29) is 5.91 Å². The second-order valence-electron chi connectivity index (χ2n) is 8.29. The average Bonchev–Trinajstić information content (AvgIpc) is 3.39. The fraction of sp³-hybridized carbons (Fsp3) is 0.292. The van der Waals surface area contributed by atoms with E-state index in [2.05, 4.69) is 46.6 Å². The van der Waals surface area contributed by atoms with Crippen LogP contribution < -0.4 is 0 Å². The lowest BCUT2D eigenvalue weighted by Gasteiger charge is -2.34. The van der Waals surface area contributed by atoms with Gasteiger partial charge < -0.3 is 9.30 Å². The summed E-state index contributed by atoms with van der Waals surface area (Å²) in [7, 11) is 0. The Morgan fingerprint density at radius 1 is 1.06 bits per heavy atom. The lowest BCUT2D eigenvalue weighted by Crippen LogP contribution is -2.48. The summed E-state index contributed by atoms with van der Waals surface area (Å²) < 4.78 is 3.88. The molecule has 0 unspecified atom stereocenters. The molecular weight excluding hydrogens is 424 g/mol. The van der Waals surface area contributed by atoms with Crippen LogP contribution in [-0.2, 0) is 6.54 Å². The molecule has 0 atom stereocenters. The van der Waals surface area contributed by atoms with Gasteiger partial charge in [0.2, 0.25) is 0 Å². The summed E-state index contributed by atoms with van der Waals surface area (Å²) in [6.45, 7) is 8.02. The van der Waals surface area contributed by atoms with E-state index in [1.165, 1.54) is 11.3 Å². The van der Waals surface area contributed by atoms with Gasteiger partial charge in [-0.15, -0.1) is 0 Å². The van der Waals surface area contributed by atoms with Crippen LogP contribution in [0.15, 0.2) is 55.0 Å². The number of aryl methyl sites for hydroxylation is 2. The molecule has 3 aromatic heterocycles. The number of halogens is 1. The van der Waals surface area contributed by atoms with E-state index in [0.717, 1.165) is 36.7 Å². The summed E-state index contributed by atoms with van der Waals surface area (Å²) >= 11 is 5.96. The number of rotatable bonds is 4. The first-order chi connectivity index (χ1) is 15.5. The molecule has 0 spiro atoms. The molecule has 5 rings (SSSR count). The highest BCUT2D eigenvalue weighted by atomic mass is 35.5. The van der Waals surface area contributed by atoms with Gasteiger partial charge in [-0.2, -0.15) is 5.10 Å². The fourth-order valence-corrected chi connectivity index (χ4v) is 4.30. The van der Waals surface area contributed by atoms with Gasteiger partial charge in [-0.05, 0) is 55.8 Å². The van der Waals surface area contributed by atoms with E-state index < -0.39 is 0 Å². The van der Waals surface area contributed by atoms with Gasteiger partial charge in [0.1, 0.15) is 5.65 Å². The van der Waals surface area contributed by atoms with Gasteiger partial charge in [0, 0.05) is 50.1 Å². The third kappa shape index (κ3) is 4.01. The summed E-state index contributed by atoms with van der Waals surface area (Å²) in [5.41, 5.74) is 5.94. The molecule has 1 amide bonds. The van der Waals surface area contributed by atoms with Crippen molar-refractivity contribution in [3.63, 3.8) is 0 Å². The number of piperazine rings is 1. The van der Waals surface area contributed by atoms with Crippen LogP contribution in [0.2, 0.25) is 5.02 Å². The van der Waals surface area contributed by atoms with Gasteiger partial charge in [0.05, 0.1) is 28.8 Å². The number of hydrogen-bond acceptors (Lipinski definition) is 4. The predicted octanol–water partition coefficient (Wildman–Crippen LogP) is 3.75. The Kier molecular flexibility index (Phi) is 5.45. The standard InChI is InChI=1S/C24H25ClN6O/c1-17-7-8-30-22(18(2)27-23(30)13-17)16-28-9-11-29(12-10-28)24(32)19-14-26-31(15-19)21-5-3-20(25)4-6-21/h3-8,13-15H,9-12,16H2,1-2H3. The third-order valence-electron chi connectivity index (χ3n) is 6.03. The molecule has 7 nitrogen and oxygen atoms in total. The van der Waals surface area contributed by atoms with Crippen molar-refractivity contribution in [3.05, 3.63) is 82.5 Å². The maximum atomic E-state index is 13.0. The van der Waals surface area contributed by atoms with Crippen LogP contribution in [0.4, 0.5) is 0 Å². The van der Waals surface area contributed by atoms with Crippen molar-refractivity contribution in [2.24, 2.45) is 0 Å². The zero-order chi connectivity index (χ0) is 22.2. The first-order valence-corrected chi connectivity index (χ1v) is 11.1. The normalized spacial score (nSPS) is 14.9. The van der Waals surface area contributed by atoms with E-state index in [0.29, 0.717) is 23.7 Å². The van der Waals surface area contributed by atoms with E-state index in [9.17, 15) is 4.79 Å². The number of amides is 1. The van der Waals surface area contributed by atoms with Crippen molar-refractivity contribution in [3.8, 4) is 5.69 Å². The van der Waals surface area contributed by atoms with Crippen LogP contribution in [0, 0.1) is 13.8 Å². The van der Waals surface area contributed by atoms with Crippen LogP contribution in [0.5, 0.6) is 0 Å². The molecule has 4 aromatic rings. The second kappa shape index (κ2) is 8.41. The SMILES string of the molecule is Cc1ccn2c(CN3CCN(C(=O)c4cnn(-c5ccc(Cl)cc5)c4)CC3)c(C)nc2c1. The van der Waals surface area contributed by atoms with E-state index in [4.69, 9.17) is 16.6 Å². The van der Waals surface area contributed by atoms with Crippen LogP contribution in [0.25, 0.3) is 11.3 Å². The molecule has 8 heteroatoms. The molecular formula is C24H25ClN6O. The van der Waals surface area contributed by atoms with Gasteiger partial charge in [0.25, 0.3) is 5.91 Å². The van der Waals surface area contributed by atoms with E-state index in [1.54, 1.807) is 17.1 Å². The lowest BCUT2D eigenvalue weighted by atomic mass is 10.2. The smallest absolute Gasteiger partial charge is 0.257 e. The Hall–Kier alpha value is -3.16. The van der Waals surface area contributed by atoms with Gasteiger partial charge in [-0.3, -0.25) is 9.69 Å². The van der Waals surface area contributed by atoms with E-state index in [1.807, 2.05) is 29.2 Å². The molecule has 0 aliphatic carbocycles. The molecule has 164 valence electrons. The molecule has 1 aromatic carbocycles. The van der Waals surface area contributed by atoms with Crippen molar-refractivity contribution in [1.29, 1.82) is 0 Å². The minimum Gasteiger partial charge on any atom is -0.336 e. The second-order valence-corrected chi connectivity index (χ2v) is 8.73. The largest absolute Gasteiger partial charge is 0.336 e. The van der Waals surface area contributed by atoms with Crippen LogP contribution in [-0.4, -0.2) is 61.1 Å². The number of benzene rings is 1. The molecule has 1 saturated heterocycles. The molecule has 0 N–H and O–H groups in total. The number of pyridine rings is 1. The van der Waals surface area contributed by atoms with Gasteiger partial charge >= 0.3 is 0 Å². The molecule has 32 heavy (non-hydrogen) atoms. The molecule has 0 saturated carbocycles. The summed E-state index contributed by atoms with van der Waals surface area (Å²) in [6.07, 6.45) is 5.51.